The predicted molar refractivity (Wildman–Crippen MR) is 67.4 cm³/mol. The fourth-order valence-electron chi connectivity index (χ4n) is 1.46. The SMILES string of the molecule is CC(=O)C(C)Nc1c(C)cc(Br)cc1C. The van der Waals surface area contributed by atoms with E-state index in [1.165, 1.54) is 0 Å². The van der Waals surface area contributed by atoms with Gasteiger partial charge < -0.3 is 5.32 Å². The van der Waals surface area contributed by atoms with Crippen LogP contribution < -0.4 is 5.32 Å². The molecular formula is C12H16BrNO. The van der Waals surface area contributed by atoms with Crippen LogP contribution in [0.1, 0.15) is 25.0 Å². The van der Waals surface area contributed by atoms with Gasteiger partial charge in [0.15, 0.2) is 5.78 Å². The van der Waals surface area contributed by atoms with Gasteiger partial charge >= 0.3 is 0 Å². The molecule has 0 bridgehead atoms. The van der Waals surface area contributed by atoms with Gasteiger partial charge in [-0.25, -0.2) is 0 Å². The van der Waals surface area contributed by atoms with Crippen molar-refractivity contribution < 1.29 is 4.79 Å². The number of carbonyl (C=O) groups is 1. The Bertz CT molecular complexity index is 364. The summed E-state index contributed by atoms with van der Waals surface area (Å²) in [6.07, 6.45) is 0. The molecule has 0 amide bonds. The van der Waals surface area contributed by atoms with Crippen molar-refractivity contribution in [3.63, 3.8) is 0 Å². The molecule has 0 radical (unpaired) electrons. The van der Waals surface area contributed by atoms with Gasteiger partial charge in [-0.15, -0.1) is 0 Å². The minimum atomic E-state index is -0.136. The van der Waals surface area contributed by atoms with Crippen LogP contribution in [0.5, 0.6) is 0 Å². The van der Waals surface area contributed by atoms with Gasteiger partial charge in [0.25, 0.3) is 0 Å². The van der Waals surface area contributed by atoms with Crippen molar-refractivity contribution in [3.05, 3.63) is 27.7 Å². The normalized spacial score (nSPS) is 12.3. The summed E-state index contributed by atoms with van der Waals surface area (Å²) in [4.78, 5) is 11.2. The fraction of sp³-hybridized carbons (Fsp3) is 0.417. The molecule has 3 heteroatoms. The Morgan fingerprint density at radius 1 is 1.33 bits per heavy atom. The first-order chi connectivity index (χ1) is 6.91. The molecule has 15 heavy (non-hydrogen) atoms. The van der Waals surface area contributed by atoms with E-state index in [4.69, 9.17) is 0 Å². The molecule has 82 valence electrons. The lowest BCUT2D eigenvalue weighted by molar-refractivity contribution is -0.117. The number of anilines is 1. The number of carbonyl (C=O) groups excluding carboxylic acids is 1. The summed E-state index contributed by atoms with van der Waals surface area (Å²) in [5.41, 5.74) is 3.35. The number of ketones is 1. The van der Waals surface area contributed by atoms with Crippen LogP contribution >= 0.6 is 15.9 Å². The summed E-state index contributed by atoms with van der Waals surface area (Å²) < 4.78 is 1.07. The molecule has 1 unspecified atom stereocenters. The van der Waals surface area contributed by atoms with E-state index in [1.807, 2.05) is 32.9 Å². The zero-order valence-electron chi connectivity index (χ0n) is 9.52. The molecule has 0 fully saturated rings. The molecule has 0 saturated carbocycles. The van der Waals surface area contributed by atoms with Crippen LogP contribution in [0.3, 0.4) is 0 Å². The van der Waals surface area contributed by atoms with Crippen LogP contribution in [0, 0.1) is 13.8 Å². The number of benzene rings is 1. The first-order valence-corrected chi connectivity index (χ1v) is 5.75. The number of halogens is 1. The summed E-state index contributed by atoms with van der Waals surface area (Å²) >= 11 is 3.45. The lowest BCUT2D eigenvalue weighted by Gasteiger charge is -2.17. The molecule has 0 spiro atoms. The summed E-state index contributed by atoms with van der Waals surface area (Å²) in [5.74, 6) is 0.150. The highest BCUT2D eigenvalue weighted by molar-refractivity contribution is 9.10. The monoisotopic (exact) mass is 269 g/mol. The molecule has 0 aliphatic heterocycles. The Hall–Kier alpha value is -0.830. The number of hydrogen-bond donors (Lipinski definition) is 1. The van der Waals surface area contributed by atoms with Crippen molar-refractivity contribution in [3.8, 4) is 0 Å². The van der Waals surface area contributed by atoms with Crippen molar-refractivity contribution in [2.75, 3.05) is 5.32 Å². The van der Waals surface area contributed by atoms with Gasteiger partial charge in [0.2, 0.25) is 0 Å². The van der Waals surface area contributed by atoms with Crippen LogP contribution in [0.2, 0.25) is 0 Å². The second-order valence-electron chi connectivity index (χ2n) is 3.89. The highest BCUT2D eigenvalue weighted by atomic mass is 79.9. The van der Waals surface area contributed by atoms with Gasteiger partial charge in [-0.05, 0) is 51.0 Å². The van der Waals surface area contributed by atoms with Crippen molar-refractivity contribution in [2.24, 2.45) is 0 Å². The molecule has 1 aromatic rings. The third kappa shape index (κ3) is 3.06. The lowest BCUT2D eigenvalue weighted by atomic mass is 10.1. The van der Waals surface area contributed by atoms with E-state index in [0.29, 0.717) is 0 Å². The molecule has 0 heterocycles. The van der Waals surface area contributed by atoms with E-state index in [2.05, 4.69) is 21.2 Å². The molecule has 1 aromatic carbocycles. The molecule has 0 aliphatic rings. The van der Waals surface area contributed by atoms with Crippen LogP contribution in [-0.4, -0.2) is 11.8 Å². The Morgan fingerprint density at radius 2 is 1.80 bits per heavy atom. The number of Topliss-reactive ketones (excluding diaryl/α,β-unsaturated/α-hetero) is 1. The average Bonchev–Trinajstić information content (AvgIpc) is 2.10. The smallest absolute Gasteiger partial charge is 0.151 e. The third-order valence-electron chi connectivity index (χ3n) is 2.47. The number of nitrogens with one attached hydrogen (secondary N) is 1. The maximum absolute atomic E-state index is 11.2. The molecular weight excluding hydrogens is 254 g/mol. The molecule has 1 N–H and O–H groups in total. The molecule has 0 aliphatic carbocycles. The van der Waals surface area contributed by atoms with Gasteiger partial charge in [0.05, 0.1) is 6.04 Å². The number of hydrogen-bond acceptors (Lipinski definition) is 2. The highest BCUT2D eigenvalue weighted by Crippen LogP contribution is 2.25. The fourth-order valence-corrected chi connectivity index (χ4v) is 2.14. The van der Waals surface area contributed by atoms with Gasteiger partial charge in [-0.2, -0.15) is 0 Å². The Morgan fingerprint density at radius 3 is 2.20 bits per heavy atom. The Labute approximate surface area is 99.2 Å². The van der Waals surface area contributed by atoms with E-state index in [1.54, 1.807) is 6.92 Å². The second-order valence-corrected chi connectivity index (χ2v) is 4.81. The predicted octanol–water partition coefficient (Wildman–Crippen LogP) is 3.46. The molecule has 1 rings (SSSR count). The topological polar surface area (TPSA) is 29.1 Å². The van der Waals surface area contributed by atoms with Crippen LogP contribution in [0.15, 0.2) is 16.6 Å². The summed E-state index contributed by atoms with van der Waals surface area (Å²) in [6.45, 7) is 7.55. The zero-order valence-corrected chi connectivity index (χ0v) is 11.1. The highest BCUT2D eigenvalue weighted by Gasteiger charge is 2.10. The average molecular weight is 270 g/mol. The first-order valence-electron chi connectivity index (χ1n) is 4.95. The van der Waals surface area contributed by atoms with Gasteiger partial charge in [-0.3, -0.25) is 4.79 Å². The van der Waals surface area contributed by atoms with E-state index < -0.39 is 0 Å². The zero-order chi connectivity index (χ0) is 11.6. The van der Waals surface area contributed by atoms with Crippen molar-refractivity contribution in [1.29, 1.82) is 0 Å². The maximum Gasteiger partial charge on any atom is 0.151 e. The summed E-state index contributed by atoms with van der Waals surface area (Å²) in [7, 11) is 0. The molecule has 0 saturated heterocycles. The van der Waals surface area contributed by atoms with Crippen molar-refractivity contribution in [1.82, 2.24) is 0 Å². The van der Waals surface area contributed by atoms with Crippen LogP contribution in [0.4, 0.5) is 5.69 Å². The third-order valence-corrected chi connectivity index (χ3v) is 2.93. The van der Waals surface area contributed by atoms with E-state index >= 15 is 0 Å². The summed E-state index contributed by atoms with van der Waals surface area (Å²) in [5, 5.41) is 3.23. The van der Waals surface area contributed by atoms with Crippen molar-refractivity contribution in [2.45, 2.75) is 33.7 Å². The lowest BCUT2D eigenvalue weighted by Crippen LogP contribution is -2.24. The van der Waals surface area contributed by atoms with E-state index in [0.717, 1.165) is 21.3 Å². The molecule has 2 nitrogen and oxygen atoms in total. The number of aryl methyl sites for hydroxylation is 2. The van der Waals surface area contributed by atoms with E-state index in [9.17, 15) is 4.79 Å². The van der Waals surface area contributed by atoms with Crippen molar-refractivity contribution >= 4 is 27.4 Å². The van der Waals surface area contributed by atoms with E-state index in [-0.39, 0.29) is 11.8 Å². The van der Waals surface area contributed by atoms with Gasteiger partial charge in [-0.1, -0.05) is 15.9 Å². The minimum Gasteiger partial charge on any atom is -0.375 e. The van der Waals surface area contributed by atoms with Crippen LogP contribution in [0.25, 0.3) is 0 Å². The minimum absolute atomic E-state index is 0.136. The number of rotatable bonds is 3. The van der Waals surface area contributed by atoms with Crippen LogP contribution in [-0.2, 0) is 4.79 Å². The molecule has 0 aromatic heterocycles. The second kappa shape index (κ2) is 4.79. The molecule has 1 atom stereocenters. The Balaban J connectivity index is 3.00. The maximum atomic E-state index is 11.2. The van der Waals surface area contributed by atoms with Gasteiger partial charge in [0, 0.05) is 10.2 Å². The largest absolute Gasteiger partial charge is 0.375 e. The Kier molecular flexibility index (Phi) is 3.91. The summed E-state index contributed by atoms with van der Waals surface area (Å²) in [6, 6.07) is 3.95. The quantitative estimate of drug-likeness (QED) is 0.911. The van der Waals surface area contributed by atoms with Gasteiger partial charge in [0.1, 0.15) is 0 Å². The first kappa shape index (κ1) is 12.2. The standard InChI is InChI=1S/C12H16BrNO/c1-7-5-11(13)6-8(2)12(7)14-9(3)10(4)15/h5-6,9,14H,1-4H3.